The molecule has 0 radical (unpaired) electrons. The fourth-order valence-corrected chi connectivity index (χ4v) is 4.32. The minimum absolute atomic E-state index is 0.0726. The Kier molecular flexibility index (Phi) is 6.97. The molecule has 0 amide bonds. The molecule has 1 saturated heterocycles. The smallest absolute Gasteiger partial charge is 0.209 e. The number of halogens is 3. The van der Waals surface area contributed by atoms with Gasteiger partial charge in [-0.3, -0.25) is 0 Å². The van der Waals surface area contributed by atoms with Crippen molar-refractivity contribution in [1.29, 1.82) is 0 Å². The Labute approximate surface area is 116 Å². The van der Waals surface area contributed by atoms with Crippen LogP contribution in [-0.4, -0.2) is 55.0 Å². The summed E-state index contributed by atoms with van der Waals surface area (Å²) in [4.78, 5) is 0. The number of alkyl halides is 3. The molecule has 108 valence electrons. The molecular formula is C10H19BrF2N2O2S. The second-order valence-electron chi connectivity index (χ2n) is 4.26. The molecule has 0 unspecified atom stereocenters. The van der Waals surface area contributed by atoms with Gasteiger partial charge in [-0.05, 0) is 12.8 Å². The SMILES string of the molecule is O=S(=O)(N1CCCCCC1)N(CCBr)CC(F)F. The van der Waals surface area contributed by atoms with E-state index in [9.17, 15) is 17.2 Å². The van der Waals surface area contributed by atoms with Gasteiger partial charge in [0.05, 0.1) is 6.54 Å². The molecule has 0 bridgehead atoms. The van der Waals surface area contributed by atoms with Gasteiger partial charge in [0.15, 0.2) is 0 Å². The number of hydrogen-bond acceptors (Lipinski definition) is 2. The van der Waals surface area contributed by atoms with Crippen molar-refractivity contribution in [2.24, 2.45) is 0 Å². The molecule has 0 saturated carbocycles. The van der Waals surface area contributed by atoms with Crippen LogP contribution in [0.1, 0.15) is 25.7 Å². The fraction of sp³-hybridized carbons (Fsp3) is 1.00. The lowest BCUT2D eigenvalue weighted by atomic mass is 10.2. The molecule has 0 N–H and O–H groups in total. The zero-order valence-electron chi connectivity index (χ0n) is 10.2. The first-order valence-corrected chi connectivity index (χ1v) is 8.59. The lowest BCUT2D eigenvalue weighted by Crippen LogP contribution is -2.46. The highest BCUT2D eigenvalue weighted by molar-refractivity contribution is 9.09. The van der Waals surface area contributed by atoms with Gasteiger partial charge in [-0.2, -0.15) is 17.0 Å². The van der Waals surface area contributed by atoms with Gasteiger partial charge in [0, 0.05) is 25.0 Å². The lowest BCUT2D eigenvalue weighted by Gasteiger charge is -2.28. The highest BCUT2D eigenvalue weighted by Gasteiger charge is 2.31. The molecule has 4 nitrogen and oxygen atoms in total. The zero-order valence-corrected chi connectivity index (χ0v) is 12.6. The Hall–Kier alpha value is 0.210. The van der Waals surface area contributed by atoms with Crippen molar-refractivity contribution in [2.75, 3.05) is 31.5 Å². The van der Waals surface area contributed by atoms with E-state index in [0.29, 0.717) is 18.4 Å². The van der Waals surface area contributed by atoms with Crippen molar-refractivity contribution in [3.05, 3.63) is 0 Å². The summed E-state index contributed by atoms with van der Waals surface area (Å²) in [7, 11) is -3.75. The normalized spacial score (nSPS) is 19.4. The van der Waals surface area contributed by atoms with E-state index in [4.69, 9.17) is 0 Å². The molecular weight excluding hydrogens is 330 g/mol. The third kappa shape index (κ3) is 4.71. The third-order valence-electron chi connectivity index (χ3n) is 2.89. The summed E-state index contributed by atoms with van der Waals surface area (Å²) < 4.78 is 51.6. The maximum absolute atomic E-state index is 12.4. The molecule has 0 atom stereocenters. The van der Waals surface area contributed by atoms with Gasteiger partial charge >= 0.3 is 0 Å². The minimum Gasteiger partial charge on any atom is -0.209 e. The van der Waals surface area contributed by atoms with Crippen molar-refractivity contribution in [1.82, 2.24) is 8.61 Å². The van der Waals surface area contributed by atoms with E-state index >= 15 is 0 Å². The molecule has 1 aliphatic rings. The van der Waals surface area contributed by atoms with Gasteiger partial charge in [0.25, 0.3) is 16.6 Å². The summed E-state index contributed by atoms with van der Waals surface area (Å²) in [5, 5.41) is 0.354. The van der Waals surface area contributed by atoms with Gasteiger partial charge in [-0.15, -0.1) is 0 Å². The first-order valence-electron chi connectivity index (χ1n) is 6.08. The number of nitrogens with zero attached hydrogens (tertiary/aromatic N) is 2. The van der Waals surface area contributed by atoms with Crippen LogP contribution < -0.4 is 0 Å². The summed E-state index contributed by atoms with van der Waals surface area (Å²) in [6.45, 7) is 0.211. The topological polar surface area (TPSA) is 40.6 Å². The first kappa shape index (κ1) is 16.3. The maximum atomic E-state index is 12.4. The van der Waals surface area contributed by atoms with Crippen LogP contribution in [0.2, 0.25) is 0 Å². The van der Waals surface area contributed by atoms with Gasteiger partial charge in [0.2, 0.25) is 0 Å². The lowest BCUT2D eigenvalue weighted by molar-refractivity contribution is 0.119. The van der Waals surface area contributed by atoms with E-state index in [1.54, 1.807) is 0 Å². The van der Waals surface area contributed by atoms with Crippen LogP contribution in [0.3, 0.4) is 0 Å². The molecule has 1 fully saturated rings. The first-order chi connectivity index (χ1) is 8.48. The Morgan fingerprint density at radius 1 is 1.17 bits per heavy atom. The molecule has 0 aromatic carbocycles. The number of rotatable bonds is 6. The van der Waals surface area contributed by atoms with Gasteiger partial charge in [-0.1, -0.05) is 28.8 Å². The van der Waals surface area contributed by atoms with Crippen LogP contribution in [0.4, 0.5) is 8.78 Å². The maximum Gasteiger partial charge on any atom is 0.282 e. The van der Waals surface area contributed by atoms with E-state index in [1.165, 1.54) is 4.31 Å². The van der Waals surface area contributed by atoms with Crippen molar-refractivity contribution < 1.29 is 17.2 Å². The fourth-order valence-electron chi connectivity index (χ4n) is 1.98. The van der Waals surface area contributed by atoms with Crippen molar-refractivity contribution in [3.63, 3.8) is 0 Å². The summed E-state index contributed by atoms with van der Waals surface area (Å²) in [6.07, 6.45) is 0.955. The van der Waals surface area contributed by atoms with E-state index in [2.05, 4.69) is 15.9 Å². The average Bonchev–Trinajstić information content (AvgIpc) is 2.56. The Morgan fingerprint density at radius 2 is 1.72 bits per heavy atom. The second kappa shape index (κ2) is 7.72. The van der Waals surface area contributed by atoms with Gasteiger partial charge in [0.1, 0.15) is 0 Å². The van der Waals surface area contributed by atoms with E-state index < -0.39 is 23.2 Å². The van der Waals surface area contributed by atoms with E-state index in [-0.39, 0.29) is 6.54 Å². The molecule has 0 aliphatic carbocycles. The second-order valence-corrected chi connectivity index (χ2v) is 6.98. The molecule has 1 aliphatic heterocycles. The molecule has 0 aromatic rings. The number of hydrogen-bond donors (Lipinski definition) is 0. The quantitative estimate of drug-likeness (QED) is 0.689. The Morgan fingerprint density at radius 3 is 2.17 bits per heavy atom. The Bertz CT molecular complexity index is 333. The Balaban J connectivity index is 2.78. The monoisotopic (exact) mass is 348 g/mol. The van der Waals surface area contributed by atoms with E-state index in [0.717, 1.165) is 30.0 Å². The van der Waals surface area contributed by atoms with Crippen molar-refractivity contribution >= 4 is 26.1 Å². The molecule has 0 aromatic heterocycles. The summed E-state index contributed by atoms with van der Waals surface area (Å²) in [5.74, 6) is 0. The van der Waals surface area contributed by atoms with Crippen LogP contribution in [0, 0.1) is 0 Å². The standard InChI is InChI=1S/C10H19BrF2N2O2S/c11-5-8-15(9-10(12)13)18(16,17)14-6-3-1-2-4-7-14/h10H,1-9H2. The molecule has 1 rings (SSSR count). The van der Waals surface area contributed by atoms with Crippen LogP contribution in [0.15, 0.2) is 0 Å². The minimum atomic E-state index is -3.75. The van der Waals surface area contributed by atoms with Gasteiger partial charge < -0.3 is 0 Å². The highest BCUT2D eigenvalue weighted by atomic mass is 79.9. The zero-order chi connectivity index (χ0) is 13.6. The largest absolute Gasteiger partial charge is 0.282 e. The highest BCUT2D eigenvalue weighted by Crippen LogP contribution is 2.17. The molecule has 18 heavy (non-hydrogen) atoms. The van der Waals surface area contributed by atoms with Crippen molar-refractivity contribution in [2.45, 2.75) is 32.1 Å². The summed E-state index contributed by atoms with van der Waals surface area (Å²) in [6, 6.07) is 0. The third-order valence-corrected chi connectivity index (χ3v) is 5.25. The van der Waals surface area contributed by atoms with Crippen LogP contribution in [-0.2, 0) is 10.2 Å². The van der Waals surface area contributed by atoms with Crippen LogP contribution in [0.5, 0.6) is 0 Å². The molecule has 1 heterocycles. The van der Waals surface area contributed by atoms with Crippen molar-refractivity contribution in [3.8, 4) is 0 Å². The average molecular weight is 349 g/mol. The van der Waals surface area contributed by atoms with Gasteiger partial charge in [-0.25, -0.2) is 8.78 Å². The van der Waals surface area contributed by atoms with E-state index in [1.807, 2.05) is 0 Å². The predicted octanol–water partition coefficient (Wildman–Crippen LogP) is 2.07. The summed E-state index contributed by atoms with van der Waals surface area (Å²) in [5.41, 5.74) is 0. The molecule has 0 spiro atoms. The van der Waals surface area contributed by atoms with Crippen LogP contribution >= 0.6 is 15.9 Å². The molecule has 8 heteroatoms. The predicted molar refractivity (Wildman–Crippen MR) is 70.3 cm³/mol. The summed E-state index contributed by atoms with van der Waals surface area (Å²) >= 11 is 3.10. The van der Waals surface area contributed by atoms with Crippen LogP contribution in [0.25, 0.3) is 0 Å².